The van der Waals surface area contributed by atoms with Crippen molar-refractivity contribution < 1.29 is 9.90 Å². The average Bonchev–Trinajstić information content (AvgIpc) is 2.48. The van der Waals surface area contributed by atoms with Crippen molar-refractivity contribution in [2.45, 2.75) is 38.6 Å². The molecule has 20 heavy (non-hydrogen) atoms. The highest BCUT2D eigenvalue weighted by atomic mass is 16.2. The molecule has 1 aliphatic rings. The number of carbonyl (C=O) groups is 1. The Kier molecular flexibility index (Phi) is 5.14. The highest BCUT2D eigenvalue weighted by Crippen LogP contribution is 2.23. The van der Waals surface area contributed by atoms with Gasteiger partial charge in [0.25, 0.3) is 5.91 Å². The van der Waals surface area contributed by atoms with Crippen molar-refractivity contribution in [2.24, 2.45) is 5.92 Å². The standard InChI is InChI=1S/C16H20N2O2/c1-12-5-2-3-7-14(12)18-16(20)15-9-8-13(11-17-15)6-4-10-19/h8-9,11-12,14,19H,2-3,5,7,10H2,1H3,(H,18,20). The van der Waals surface area contributed by atoms with Gasteiger partial charge in [0.15, 0.2) is 0 Å². The molecule has 1 saturated carbocycles. The fourth-order valence-corrected chi connectivity index (χ4v) is 2.52. The number of amides is 1. The van der Waals surface area contributed by atoms with E-state index in [1.807, 2.05) is 0 Å². The topological polar surface area (TPSA) is 62.2 Å². The summed E-state index contributed by atoms with van der Waals surface area (Å²) in [5.74, 6) is 5.71. The van der Waals surface area contributed by atoms with E-state index in [0.717, 1.165) is 6.42 Å². The molecule has 0 saturated heterocycles. The molecule has 2 unspecified atom stereocenters. The first kappa shape index (κ1) is 14.5. The van der Waals surface area contributed by atoms with Crippen LogP contribution in [-0.4, -0.2) is 28.6 Å². The maximum absolute atomic E-state index is 12.1. The second kappa shape index (κ2) is 7.06. The molecule has 1 aromatic rings. The Morgan fingerprint density at radius 3 is 2.90 bits per heavy atom. The van der Waals surface area contributed by atoms with Gasteiger partial charge < -0.3 is 10.4 Å². The molecule has 106 valence electrons. The number of hydrogen-bond acceptors (Lipinski definition) is 3. The summed E-state index contributed by atoms with van der Waals surface area (Å²) in [5, 5.41) is 11.7. The molecule has 1 fully saturated rings. The molecule has 2 rings (SSSR count). The molecule has 0 spiro atoms. The molecule has 1 aromatic heterocycles. The Morgan fingerprint density at radius 2 is 2.25 bits per heavy atom. The average molecular weight is 272 g/mol. The van der Waals surface area contributed by atoms with E-state index >= 15 is 0 Å². The normalized spacial score (nSPS) is 21.7. The zero-order chi connectivity index (χ0) is 14.4. The molecule has 1 heterocycles. The molecule has 4 heteroatoms. The van der Waals surface area contributed by atoms with Crippen LogP contribution in [0.15, 0.2) is 18.3 Å². The van der Waals surface area contributed by atoms with Gasteiger partial charge in [0, 0.05) is 17.8 Å². The maximum Gasteiger partial charge on any atom is 0.270 e. The Bertz CT molecular complexity index is 514. The summed E-state index contributed by atoms with van der Waals surface area (Å²) < 4.78 is 0. The molecule has 2 atom stereocenters. The lowest BCUT2D eigenvalue weighted by Gasteiger charge is -2.29. The van der Waals surface area contributed by atoms with Crippen LogP contribution < -0.4 is 5.32 Å². The first-order chi connectivity index (χ1) is 9.70. The van der Waals surface area contributed by atoms with Crippen LogP contribution in [0.4, 0.5) is 0 Å². The predicted octanol–water partition coefficient (Wildman–Crippen LogP) is 1.73. The number of aliphatic hydroxyl groups is 1. The van der Waals surface area contributed by atoms with Crippen molar-refractivity contribution >= 4 is 5.91 Å². The van der Waals surface area contributed by atoms with Gasteiger partial charge in [0.1, 0.15) is 12.3 Å². The van der Waals surface area contributed by atoms with Gasteiger partial charge in [-0.2, -0.15) is 0 Å². The second-order valence-electron chi connectivity index (χ2n) is 5.23. The summed E-state index contributed by atoms with van der Waals surface area (Å²) in [6, 6.07) is 3.67. The Hall–Kier alpha value is -1.86. The summed E-state index contributed by atoms with van der Waals surface area (Å²) in [6.45, 7) is 2.01. The van der Waals surface area contributed by atoms with E-state index < -0.39 is 0 Å². The number of hydrogen-bond donors (Lipinski definition) is 2. The summed E-state index contributed by atoms with van der Waals surface area (Å²) in [5.41, 5.74) is 1.11. The van der Waals surface area contributed by atoms with Gasteiger partial charge in [-0.1, -0.05) is 31.6 Å². The number of nitrogens with zero attached hydrogens (tertiary/aromatic N) is 1. The third-order valence-electron chi connectivity index (χ3n) is 3.74. The lowest BCUT2D eigenvalue weighted by atomic mass is 9.86. The zero-order valence-corrected chi connectivity index (χ0v) is 11.7. The van der Waals surface area contributed by atoms with Crippen LogP contribution in [0.3, 0.4) is 0 Å². The number of pyridine rings is 1. The summed E-state index contributed by atoms with van der Waals surface area (Å²) in [6.07, 6.45) is 6.21. The first-order valence-corrected chi connectivity index (χ1v) is 7.07. The van der Waals surface area contributed by atoms with Gasteiger partial charge in [0.05, 0.1) is 0 Å². The van der Waals surface area contributed by atoms with E-state index in [1.165, 1.54) is 19.3 Å². The fraction of sp³-hybridized carbons (Fsp3) is 0.500. The van der Waals surface area contributed by atoms with Crippen molar-refractivity contribution in [1.82, 2.24) is 10.3 Å². The third kappa shape index (κ3) is 3.82. The number of rotatable bonds is 2. The fourth-order valence-electron chi connectivity index (χ4n) is 2.52. The van der Waals surface area contributed by atoms with Crippen LogP contribution in [0.1, 0.15) is 48.7 Å². The highest BCUT2D eigenvalue weighted by molar-refractivity contribution is 5.92. The zero-order valence-electron chi connectivity index (χ0n) is 11.7. The van der Waals surface area contributed by atoms with Gasteiger partial charge in [-0.25, -0.2) is 4.98 Å². The largest absolute Gasteiger partial charge is 0.384 e. The molecule has 0 aromatic carbocycles. The lowest BCUT2D eigenvalue weighted by molar-refractivity contribution is 0.0905. The van der Waals surface area contributed by atoms with Crippen molar-refractivity contribution in [3.8, 4) is 11.8 Å². The quantitative estimate of drug-likeness (QED) is 0.806. The highest BCUT2D eigenvalue weighted by Gasteiger charge is 2.23. The number of aromatic nitrogens is 1. The van der Waals surface area contributed by atoms with Gasteiger partial charge >= 0.3 is 0 Å². The smallest absolute Gasteiger partial charge is 0.270 e. The van der Waals surface area contributed by atoms with E-state index in [4.69, 9.17) is 5.11 Å². The first-order valence-electron chi connectivity index (χ1n) is 7.07. The molecule has 0 bridgehead atoms. The number of aliphatic hydroxyl groups excluding tert-OH is 1. The minimum atomic E-state index is -0.179. The van der Waals surface area contributed by atoms with E-state index in [2.05, 4.69) is 29.1 Å². The van der Waals surface area contributed by atoms with Crippen molar-refractivity contribution in [2.75, 3.05) is 6.61 Å². The van der Waals surface area contributed by atoms with Crippen LogP contribution in [0.2, 0.25) is 0 Å². The molecule has 1 aliphatic carbocycles. The van der Waals surface area contributed by atoms with Crippen LogP contribution in [-0.2, 0) is 0 Å². The minimum Gasteiger partial charge on any atom is -0.384 e. The van der Waals surface area contributed by atoms with Crippen LogP contribution in [0.25, 0.3) is 0 Å². The SMILES string of the molecule is CC1CCCCC1NC(=O)c1ccc(C#CCO)cn1. The molecule has 1 amide bonds. The number of carbonyl (C=O) groups excluding carboxylic acids is 1. The van der Waals surface area contributed by atoms with Crippen LogP contribution >= 0.6 is 0 Å². The van der Waals surface area contributed by atoms with Crippen LogP contribution in [0, 0.1) is 17.8 Å². The summed E-state index contributed by atoms with van der Waals surface area (Å²) in [7, 11) is 0. The molecular weight excluding hydrogens is 252 g/mol. The Balaban J connectivity index is 1.98. The van der Waals surface area contributed by atoms with Crippen molar-refractivity contribution in [3.63, 3.8) is 0 Å². The van der Waals surface area contributed by atoms with Crippen LogP contribution in [0.5, 0.6) is 0 Å². The lowest BCUT2D eigenvalue weighted by Crippen LogP contribution is -2.41. The van der Waals surface area contributed by atoms with E-state index in [1.54, 1.807) is 18.3 Å². The van der Waals surface area contributed by atoms with E-state index in [9.17, 15) is 4.79 Å². The maximum atomic E-state index is 12.1. The molecule has 0 aliphatic heterocycles. The molecular formula is C16H20N2O2. The number of nitrogens with one attached hydrogen (secondary N) is 1. The van der Waals surface area contributed by atoms with Crippen molar-refractivity contribution in [3.05, 3.63) is 29.6 Å². The van der Waals surface area contributed by atoms with Crippen molar-refractivity contribution in [1.29, 1.82) is 0 Å². The Morgan fingerprint density at radius 1 is 1.45 bits per heavy atom. The van der Waals surface area contributed by atoms with Gasteiger partial charge in [-0.05, 0) is 30.9 Å². The van der Waals surface area contributed by atoms with Gasteiger partial charge in [-0.15, -0.1) is 0 Å². The summed E-state index contributed by atoms with van der Waals surface area (Å²) in [4.78, 5) is 16.3. The predicted molar refractivity (Wildman–Crippen MR) is 77.1 cm³/mol. The molecule has 0 radical (unpaired) electrons. The second-order valence-corrected chi connectivity index (χ2v) is 5.23. The van der Waals surface area contributed by atoms with Gasteiger partial charge in [0.2, 0.25) is 0 Å². The Labute approximate surface area is 119 Å². The minimum absolute atomic E-state index is 0.120. The molecule has 4 nitrogen and oxygen atoms in total. The van der Waals surface area contributed by atoms with Gasteiger partial charge in [-0.3, -0.25) is 4.79 Å². The third-order valence-corrected chi connectivity index (χ3v) is 3.74. The molecule has 2 N–H and O–H groups in total. The summed E-state index contributed by atoms with van der Waals surface area (Å²) >= 11 is 0. The van der Waals surface area contributed by atoms with E-state index in [0.29, 0.717) is 17.2 Å². The van der Waals surface area contributed by atoms with E-state index in [-0.39, 0.29) is 18.6 Å². The monoisotopic (exact) mass is 272 g/mol.